The number of rotatable bonds is 2. The third kappa shape index (κ3) is 1.43. The van der Waals surface area contributed by atoms with Crippen molar-refractivity contribution < 1.29 is 9.72 Å². The number of aromatic amines is 1. The first-order chi connectivity index (χ1) is 5.11. The highest BCUT2D eigenvalue weighted by molar-refractivity contribution is 5.94. The predicted octanol–water partition coefficient (Wildman–Crippen LogP) is 1.13. The van der Waals surface area contributed by atoms with Gasteiger partial charge in [-0.1, -0.05) is 0 Å². The number of carbonyl (C=O) groups is 1. The quantitative estimate of drug-likeness (QED) is 0.394. The molecule has 0 spiro atoms. The van der Waals surface area contributed by atoms with Gasteiger partial charge in [-0.3, -0.25) is 4.79 Å². The number of Topliss-reactive ketones (excluding diaryl/α,β-unsaturated/α-hetero) is 1. The number of H-pyrrole nitrogens is 1. The first-order valence-electron chi connectivity index (χ1n) is 2.95. The van der Waals surface area contributed by atoms with E-state index in [1.807, 2.05) is 0 Å². The highest BCUT2D eigenvalue weighted by atomic mass is 16.6. The monoisotopic (exact) mass is 154 g/mol. The molecule has 58 valence electrons. The molecule has 0 aromatic carbocycles. The molecule has 0 aliphatic carbocycles. The van der Waals surface area contributed by atoms with Crippen LogP contribution in [0, 0.1) is 10.1 Å². The standard InChI is InChI=1S/C6H6N2O3/c1-4(9)5-2-6(7-3-5)8(10)11/h2-3,7H,1H3. The molecule has 0 bridgehead atoms. The Balaban J connectivity index is 2.99. The number of aromatic nitrogens is 1. The number of nitrogens with one attached hydrogen (secondary N) is 1. The summed E-state index contributed by atoms with van der Waals surface area (Å²) in [5, 5.41) is 10.1. The Morgan fingerprint density at radius 1 is 1.73 bits per heavy atom. The number of hydrogen-bond acceptors (Lipinski definition) is 3. The fourth-order valence-electron chi connectivity index (χ4n) is 0.691. The Kier molecular flexibility index (Phi) is 1.72. The molecule has 1 heterocycles. The Morgan fingerprint density at radius 2 is 2.36 bits per heavy atom. The zero-order chi connectivity index (χ0) is 8.43. The van der Waals surface area contributed by atoms with E-state index in [0.29, 0.717) is 5.56 Å². The minimum absolute atomic E-state index is 0.157. The molecule has 1 N–H and O–H groups in total. The van der Waals surface area contributed by atoms with Gasteiger partial charge in [0.2, 0.25) is 0 Å². The number of carbonyl (C=O) groups excluding carboxylic acids is 1. The molecule has 0 amide bonds. The summed E-state index contributed by atoms with van der Waals surface area (Å²) < 4.78 is 0. The van der Waals surface area contributed by atoms with Crippen molar-refractivity contribution in [2.45, 2.75) is 6.92 Å². The average molecular weight is 154 g/mol. The third-order valence-electron chi connectivity index (χ3n) is 1.27. The van der Waals surface area contributed by atoms with Gasteiger partial charge in [0.1, 0.15) is 0 Å². The lowest BCUT2D eigenvalue weighted by atomic mass is 10.2. The van der Waals surface area contributed by atoms with Gasteiger partial charge in [-0.05, 0) is 11.8 Å². The highest BCUT2D eigenvalue weighted by Crippen LogP contribution is 2.10. The summed E-state index contributed by atoms with van der Waals surface area (Å²) in [6.45, 7) is 1.35. The van der Waals surface area contributed by atoms with Crippen molar-refractivity contribution in [1.82, 2.24) is 4.98 Å². The number of nitrogens with zero attached hydrogens (tertiary/aromatic N) is 1. The van der Waals surface area contributed by atoms with Crippen molar-refractivity contribution in [2.24, 2.45) is 0 Å². The summed E-state index contributed by atoms with van der Waals surface area (Å²) in [4.78, 5) is 22.5. The molecule has 0 aliphatic heterocycles. The first-order valence-corrected chi connectivity index (χ1v) is 2.95. The first kappa shape index (κ1) is 7.46. The van der Waals surface area contributed by atoms with E-state index in [9.17, 15) is 14.9 Å². The van der Waals surface area contributed by atoms with E-state index in [1.54, 1.807) is 0 Å². The maximum absolute atomic E-state index is 10.6. The van der Waals surface area contributed by atoms with E-state index in [0.717, 1.165) is 0 Å². The van der Waals surface area contributed by atoms with Crippen molar-refractivity contribution in [3.8, 4) is 0 Å². The summed E-state index contributed by atoms with van der Waals surface area (Å²) in [5.41, 5.74) is 0.330. The van der Waals surface area contributed by atoms with Gasteiger partial charge in [-0.2, -0.15) is 0 Å². The molecule has 0 unspecified atom stereocenters. The van der Waals surface area contributed by atoms with Gasteiger partial charge in [0.05, 0.1) is 11.8 Å². The van der Waals surface area contributed by atoms with Crippen molar-refractivity contribution in [3.63, 3.8) is 0 Å². The van der Waals surface area contributed by atoms with Crippen molar-refractivity contribution in [1.29, 1.82) is 0 Å². The summed E-state index contributed by atoms with van der Waals surface area (Å²) in [5.74, 6) is -0.343. The molecule has 11 heavy (non-hydrogen) atoms. The number of ketones is 1. The summed E-state index contributed by atoms with van der Waals surface area (Å²) in [6.07, 6.45) is 1.32. The van der Waals surface area contributed by atoms with E-state index in [4.69, 9.17) is 0 Å². The molecular formula is C6H6N2O3. The summed E-state index contributed by atoms with van der Waals surface area (Å²) in [6, 6.07) is 1.21. The van der Waals surface area contributed by atoms with Gasteiger partial charge in [0.15, 0.2) is 5.78 Å². The lowest BCUT2D eigenvalue weighted by molar-refractivity contribution is -0.389. The molecule has 0 saturated heterocycles. The van der Waals surface area contributed by atoms with Gasteiger partial charge >= 0.3 is 5.82 Å². The lowest BCUT2D eigenvalue weighted by Gasteiger charge is -1.85. The van der Waals surface area contributed by atoms with Crippen LogP contribution in [0.15, 0.2) is 12.3 Å². The van der Waals surface area contributed by atoms with E-state index in [-0.39, 0.29) is 11.6 Å². The van der Waals surface area contributed by atoms with E-state index < -0.39 is 4.92 Å². The molecule has 5 heteroatoms. The van der Waals surface area contributed by atoms with Crippen molar-refractivity contribution >= 4 is 11.6 Å². The Labute approximate surface area is 62.2 Å². The average Bonchev–Trinajstić information content (AvgIpc) is 2.33. The predicted molar refractivity (Wildman–Crippen MR) is 37.5 cm³/mol. The van der Waals surface area contributed by atoms with Gasteiger partial charge < -0.3 is 10.1 Å². The van der Waals surface area contributed by atoms with Crippen LogP contribution < -0.4 is 0 Å². The SMILES string of the molecule is CC(=O)c1c[nH]c([N+](=O)[O-])c1. The van der Waals surface area contributed by atoms with Crippen molar-refractivity contribution in [2.75, 3.05) is 0 Å². The van der Waals surface area contributed by atoms with Crippen LogP contribution in [0.5, 0.6) is 0 Å². The fraction of sp³-hybridized carbons (Fsp3) is 0.167. The number of hydrogen-bond donors (Lipinski definition) is 1. The van der Waals surface area contributed by atoms with Crippen LogP contribution in [0.25, 0.3) is 0 Å². The normalized spacial score (nSPS) is 9.55. The fourth-order valence-corrected chi connectivity index (χ4v) is 0.691. The largest absolute Gasteiger partial charge is 0.358 e. The molecule has 5 nitrogen and oxygen atoms in total. The summed E-state index contributed by atoms with van der Waals surface area (Å²) in [7, 11) is 0. The van der Waals surface area contributed by atoms with Gasteiger partial charge in [0, 0.05) is 6.07 Å². The second kappa shape index (κ2) is 2.53. The highest BCUT2D eigenvalue weighted by Gasteiger charge is 2.09. The van der Waals surface area contributed by atoms with Gasteiger partial charge in [-0.15, -0.1) is 0 Å². The second-order valence-electron chi connectivity index (χ2n) is 2.09. The van der Waals surface area contributed by atoms with Crippen LogP contribution in [-0.4, -0.2) is 15.7 Å². The van der Waals surface area contributed by atoms with Crippen LogP contribution in [0.4, 0.5) is 5.82 Å². The molecular weight excluding hydrogens is 148 g/mol. The molecule has 0 saturated carbocycles. The maximum Gasteiger partial charge on any atom is 0.321 e. The van der Waals surface area contributed by atoms with E-state index in [1.165, 1.54) is 19.2 Å². The van der Waals surface area contributed by atoms with Crippen LogP contribution in [-0.2, 0) is 0 Å². The topological polar surface area (TPSA) is 76.0 Å². The van der Waals surface area contributed by atoms with Crippen LogP contribution in [0.3, 0.4) is 0 Å². The lowest BCUT2D eigenvalue weighted by Crippen LogP contribution is -1.87. The van der Waals surface area contributed by atoms with E-state index in [2.05, 4.69) is 4.98 Å². The Bertz CT molecular complexity index is 274. The zero-order valence-electron chi connectivity index (χ0n) is 5.83. The van der Waals surface area contributed by atoms with Gasteiger partial charge in [-0.25, -0.2) is 4.98 Å². The zero-order valence-corrected chi connectivity index (χ0v) is 5.83. The van der Waals surface area contributed by atoms with Crippen LogP contribution >= 0.6 is 0 Å². The van der Waals surface area contributed by atoms with Crippen LogP contribution in [0.1, 0.15) is 17.3 Å². The smallest absolute Gasteiger partial charge is 0.321 e. The minimum Gasteiger partial charge on any atom is -0.358 e. The molecule has 0 aliphatic rings. The Hall–Kier alpha value is -1.65. The molecule has 1 aromatic heterocycles. The summed E-state index contributed by atoms with van der Waals surface area (Å²) >= 11 is 0. The Morgan fingerprint density at radius 3 is 2.64 bits per heavy atom. The maximum atomic E-state index is 10.6. The minimum atomic E-state index is -0.577. The molecule has 0 atom stereocenters. The number of nitro groups is 1. The van der Waals surface area contributed by atoms with Gasteiger partial charge in [0.25, 0.3) is 0 Å². The van der Waals surface area contributed by atoms with E-state index >= 15 is 0 Å². The molecule has 1 rings (SSSR count). The van der Waals surface area contributed by atoms with Crippen molar-refractivity contribution in [3.05, 3.63) is 27.9 Å². The van der Waals surface area contributed by atoms with Crippen LogP contribution in [0.2, 0.25) is 0 Å². The second-order valence-corrected chi connectivity index (χ2v) is 2.09. The molecule has 1 aromatic rings. The third-order valence-corrected chi connectivity index (χ3v) is 1.27. The molecule has 0 fully saturated rings. The molecule has 0 radical (unpaired) electrons.